The Morgan fingerprint density at radius 1 is 0.528 bits per heavy atom. The molecule has 5 aliphatic heterocycles. The molecule has 0 aliphatic carbocycles. The van der Waals surface area contributed by atoms with E-state index in [1.807, 2.05) is 0 Å². The number of methoxy groups -OCH3 is 2. The summed E-state index contributed by atoms with van der Waals surface area (Å²) in [4.78, 5) is 117. The number of fused-ring (bicyclic) bond motifs is 2. The van der Waals surface area contributed by atoms with Gasteiger partial charge in [0.25, 0.3) is 46.9 Å². The van der Waals surface area contributed by atoms with E-state index in [-0.39, 0.29) is 39.1 Å². The van der Waals surface area contributed by atoms with Crippen molar-refractivity contribution in [3.8, 4) is 23.0 Å². The Morgan fingerprint density at radius 3 is 1.31 bits per heavy atom. The Morgan fingerprint density at radius 2 is 0.898 bits per heavy atom. The average molecular weight is 1700 g/mol. The molecular formula is C49H64N10O41P8-6. The van der Waals surface area contributed by atoms with Crippen LogP contribution in [0.5, 0.6) is 23.0 Å². The lowest BCUT2D eigenvalue weighted by molar-refractivity contribution is -0.256. The molecule has 10 N–H and O–H groups in total. The first-order chi connectivity index (χ1) is 50.1. The number of carbonyl (C=O) groups is 1. The van der Waals surface area contributed by atoms with Gasteiger partial charge in [0.05, 0.1) is 71.6 Å². The standard InChI is InChI=1S/C23H33N5O21P4.C14H20N5O11P3.C12H17O9P/c1-27-9-26-21-15(20(27)24)25-10-28(21)22-18(31)16(29)13(45-22)7-42-50(33,34)47-52(37,38)49-53(39,40)48-51(35,36)43-8-14-17(30)19(32)23(46-14)44-12-5-3-11(41-2)4-6-12;1-7-9(4-31(21)28-32(22,23)30-33(24,25)29-31)27-14(11(7)26-8(2)20)19-6-16-10-12(15)18(3)5-17-13(10)19;1-18-7-2-4-8(5-3-7)20-12-11(14)10(13)9(21-12)6-19-22(15,16)17/h3-6,9-10,13-14,16-19,22-24,29-32H,7-8H2,1-2H3,(H,33,34)(H,35,36)(H,37,38)(H,39,40);5-7,9,11,14-15H,4H2,1-3H3,(H,22,23)(H,24,25);2-5,9-14H,6H2,1H3,(H2,15,16,17)/p-6/t13-,14-,16-,17-,18-,19-,22-,23-;7-,9-,11-,14-;9-,10-,11-,12-/m111/s1. The second kappa shape index (κ2) is 34.1. The minimum absolute atomic E-state index is 0.0396. The first-order valence-corrected chi connectivity index (χ1v) is 42.2. The molecule has 0 radical (unpaired) electrons. The van der Waals surface area contributed by atoms with Gasteiger partial charge in [-0.2, -0.15) is 0 Å². The number of ether oxygens (including phenoxy) is 9. The van der Waals surface area contributed by atoms with Crippen molar-refractivity contribution < 1.29 is 193 Å². The molecule has 108 heavy (non-hydrogen) atoms. The van der Waals surface area contributed by atoms with Crippen LogP contribution in [0, 0.1) is 16.7 Å². The number of aromatic nitrogens is 8. The molecule has 6 aromatic rings. The number of nitrogens with one attached hydrogen (secondary N) is 2. The predicted octanol–water partition coefficient (Wildman–Crippen LogP) is -4.10. The average Bonchev–Trinajstić information content (AvgIpc) is 1.49. The highest BCUT2D eigenvalue weighted by Gasteiger charge is 2.53. The SMILES string of the molecule is CC(=O)O[C@@H]1[C@H](C)[C@@H](CP2(=O)OP(=O)([O-])OP(=O)([O-])O2)O[C@H]1n1cnc2c(=N)n(C)cnc21.COc1ccc(O[C@@H]2O[C@H](COP(=O)(O)O)[C@@H](O)[C@H]2O)cc1.COc1ccc(O[C@@H]2O[C@H](COP(=O)([O-])OP(=O)([O-])OP(=O)([O-])OP(=O)([O-])OC[C@H]3O[C@@H](n4cnc5c(=N)n(C)cnc54)[C@H](O)[C@@H]3O)[C@@H](O)[C@H]2O)cc1. The molecule has 59 heteroatoms. The monoisotopic (exact) mass is 1700 g/mol. The third kappa shape index (κ3) is 21.9. The van der Waals surface area contributed by atoms with E-state index in [1.54, 1.807) is 38.2 Å². The van der Waals surface area contributed by atoms with Gasteiger partial charge in [0, 0.05) is 26.9 Å². The highest BCUT2D eigenvalue weighted by atomic mass is 31.3. The van der Waals surface area contributed by atoms with Gasteiger partial charge in [-0.1, -0.05) is 6.92 Å². The van der Waals surface area contributed by atoms with E-state index in [1.165, 1.54) is 78.2 Å². The van der Waals surface area contributed by atoms with Gasteiger partial charge in [-0.3, -0.25) is 61.2 Å². The summed E-state index contributed by atoms with van der Waals surface area (Å²) in [5, 5.41) is 77.0. The van der Waals surface area contributed by atoms with Gasteiger partial charge in [0.1, 0.15) is 89.0 Å². The summed E-state index contributed by atoms with van der Waals surface area (Å²) < 4.78 is 184. The van der Waals surface area contributed by atoms with Crippen LogP contribution in [0.15, 0.2) is 73.8 Å². The molecule has 5 fully saturated rings. The summed E-state index contributed by atoms with van der Waals surface area (Å²) in [7, 11) is -39.7. The lowest BCUT2D eigenvalue weighted by atomic mass is 10.0. The fourth-order valence-electron chi connectivity index (χ4n) is 10.3. The molecule has 2 aromatic carbocycles. The number of rotatable bonds is 26. The maximum absolute atomic E-state index is 12.9. The van der Waals surface area contributed by atoms with Crippen molar-refractivity contribution >= 4 is 90.7 Å². The summed E-state index contributed by atoms with van der Waals surface area (Å²) in [6.07, 6.45) is -17.7. The largest absolute Gasteiger partial charge is 0.756 e. The maximum Gasteiger partial charge on any atom is 0.469 e. The number of phosphoric acid groups is 7. The molecular weight excluding hydrogens is 1630 g/mol. The zero-order valence-corrected chi connectivity index (χ0v) is 62.9. The highest BCUT2D eigenvalue weighted by Crippen LogP contribution is 2.77. The number of carbonyl (C=O) groups excluding carboxylic acids is 1. The van der Waals surface area contributed by atoms with Gasteiger partial charge in [0.2, 0.25) is 12.6 Å². The lowest BCUT2D eigenvalue weighted by Crippen LogP contribution is -2.36. The van der Waals surface area contributed by atoms with Gasteiger partial charge in [-0.15, -0.1) is 0 Å². The fourth-order valence-corrected chi connectivity index (χ4v) is 21.4. The Labute approximate surface area is 604 Å². The first-order valence-electron chi connectivity index (χ1n) is 30.2. The topological polar surface area (TPSA) is 739 Å². The van der Waals surface area contributed by atoms with Crippen LogP contribution < -0.4 is 59.3 Å². The van der Waals surface area contributed by atoms with E-state index in [0.717, 1.165) is 17.8 Å². The second-order valence-corrected chi connectivity index (χ2v) is 35.7. The van der Waals surface area contributed by atoms with Crippen molar-refractivity contribution in [2.45, 2.75) is 106 Å². The molecule has 4 aromatic heterocycles. The van der Waals surface area contributed by atoms with E-state index in [0.29, 0.717) is 17.2 Å². The Hall–Kier alpha value is -5.43. The molecule has 5 aliphatic rings. The third-order valence-corrected chi connectivity index (χ3v) is 27.6. The molecule has 0 saturated carbocycles. The van der Waals surface area contributed by atoms with Gasteiger partial charge < -0.3 is 131 Å². The number of aliphatic hydroxyl groups excluding tert-OH is 6. The van der Waals surface area contributed by atoms with Crippen LogP contribution >= 0.6 is 62.4 Å². The summed E-state index contributed by atoms with van der Waals surface area (Å²) in [6, 6.07) is 12.3. The van der Waals surface area contributed by atoms with Crippen molar-refractivity contribution in [2.24, 2.45) is 20.0 Å². The van der Waals surface area contributed by atoms with E-state index < -0.39 is 192 Å². The Balaban J connectivity index is 0.000000207. The molecule has 5 saturated heterocycles. The molecule has 6 unspecified atom stereocenters. The highest BCUT2D eigenvalue weighted by molar-refractivity contribution is 7.76. The van der Waals surface area contributed by atoms with Crippen molar-refractivity contribution in [3.05, 3.63) is 84.8 Å². The summed E-state index contributed by atoms with van der Waals surface area (Å²) in [5.74, 6) is 0.189. The third-order valence-electron chi connectivity index (χ3n) is 15.4. The molecule has 602 valence electrons. The number of phosphoric ester groups is 3. The van der Waals surface area contributed by atoms with Crippen LogP contribution in [0.25, 0.3) is 22.3 Å². The summed E-state index contributed by atoms with van der Waals surface area (Å²) >= 11 is 0. The van der Waals surface area contributed by atoms with Crippen LogP contribution in [0.4, 0.5) is 0 Å². The second-order valence-electron chi connectivity index (χ2n) is 23.1. The van der Waals surface area contributed by atoms with Gasteiger partial charge in [-0.25, -0.2) is 50.4 Å². The lowest BCUT2D eigenvalue weighted by Gasteiger charge is -2.39. The number of esters is 1. The van der Waals surface area contributed by atoms with Crippen LogP contribution in [-0.4, -0.2) is 205 Å². The number of nitrogens with zero attached hydrogens (tertiary/aromatic N) is 8. The van der Waals surface area contributed by atoms with E-state index in [2.05, 4.69) is 59.4 Å². The molecule has 22 atom stereocenters. The van der Waals surface area contributed by atoms with Crippen molar-refractivity contribution in [3.63, 3.8) is 0 Å². The summed E-state index contributed by atoms with van der Waals surface area (Å²) in [6.45, 7) is -0.290. The minimum atomic E-state index is -6.58. The fraction of sp³-hybridized carbons (Fsp3) is 0.531. The van der Waals surface area contributed by atoms with Crippen LogP contribution in [0.1, 0.15) is 26.3 Å². The van der Waals surface area contributed by atoms with Crippen molar-refractivity contribution in [2.75, 3.05) is 40.2 Å². The van der Waals surface area contributed by atoms with Crippen molar-refractivity contribution in [1.82, 2.24) is 38.2 Å². The quantitative estimate of drug-likeness (QED) is 0.0182. The Kier molecular flexibility index (Phi) is 27.3. The van der Waals surface area contributed by atoms with E-state index >= 15 is 0 Å². The molecule has 0 amide bonds. The van der Waals surface area contributed by atoms with Crippen LogP contribution in [0.2, 0.25) is 0 Å². The number of benzene rings is 2. The maximum atomic E-state index is 12.9. The molecule has 0 bridgehead atoms. The molecule has 51 nitrogen and oxygen atoms in total. The van der Waals surface area contributed by atoms with Crippen molar-refractivity contribution in [1.29, 1.82) is 10.8 Å². The van der Waals surface area contributed by atoms with Crippen LogP contribution in [-0.2, 0) is 119 Å². The van der Waals surface area contributed by atoms with Crippen LogP contribution in [0.3, 0.4) is 0 Å². The number of imidazole rings is 2. The van der Waals surface area contributed by atoms with Gasteiger partial charge in [-0.05, 0) is 48.5 Å². The molecule has 0 spiro atoms. The molecule has 11 rings (SSSR count). The smallest absolute Gasteiger partial charge is 0.469 e. The zero-order valence-electron chi connectivity index (χ0n) is 55.7. The van der Waals surface area contributed by atoms with Gasteiger partial charge >= 0.3 is 21.4 Å². The number of aliphatic hydroxyl groups is 6. The summed E-state index contributed by atoms with van der Waals surface area (Å²) in [5.41, 5.74) is 0.554. The zero-order chi connectivity index (χ0) is 79.8. The number of hydrogen-bond acceptors (Lipinski definition) is 45. The first kappa shape index (κ1) is 86.6. The number of aryl methyl sites for hydroxylation is 2. The van der Waals surface area contributed by atoms with E-state index in [4.69, 9.17) is 63.2 Å². The predicted molar refractivity (Wildman–Crippen MR) is 332 cm³/mol. The normalized spacial score (nSPS) is 32.8. The minimum Gasteiger partial charge on any atom is -0.756 e. The van der Waals surface area contributed by atoms with E-state index in [9.17, 15) is 101 Å². The Bertz CT molecular complexity index is 4710. The number of hydrogen-bond donors (Lipinski definition) is 10. The molecule has 9 heterocycles. The van der Waals surface area contributed by atoms with Gasteiger partial charge in [0.15, 0.2) is 40.8 Å².